The average molecular weight is 513 g/mol. The number of nitrogens with zero attached hydrogens (tertiary/aromatic N) is 1. The molecule has 4 rings (SSSR count). The molecule has 10 heteroatoms. The van der Waals surface area contributed by atoms with Gasteiger partial charge in [0, 0.05) is 18.7 Å². The van der Waals surface area contributed by atoms with Gasteiger partial charge in [0.1, 0.15) is 11.6 Å². The van der Waals surface area contributed by atoms with Crippen LogP contribution in [0, 0.1) is 11.6 Å². The number of rotatable bonds is 7. The second-order valence-electron chi connectivity index (χ2n) is 8.36. The predicted molar refractivity (Wildman–Crippen MR) is 132 cm³/mol. The molecular weight excluding hydrogens is 486 g/mol. The Morgan fingerprint density at radius 2 is 1.46 bits per heavy atom. The van der Waals surface area contributed by atoms with E-state index >= 15 is 0 Å². The van der Waals surface area contributed by atoms with Crippen LogP contribution in [0.2, 0.25) is 0 Å². The fraction of sp³-hybridized carbons (Fsp3) is 0.259. The maximum Gasteiger partial charge on any atom is 0.254 e. The summed E-state index contributed by atoms with van der Waals surface area (Å²) in [6.45, 7) is 0. The van der Waals surface area contributed by atoms with Gasteiger partial charge in [-0.05, 0) is 47.5 Å². The first-order chi connectivity index (χ1) is 17.7. The van der Waals surface area contributed by atoms with Crippen molar-refractivity contribution >= 4 is 17.5 Å². The van der Waals surface area contributed by atoms with Gasteiger partial charge >= 0.3 is 0 Å². The lowest BCUT2D eigenvalue weighted by molar-refractivity contribution is -0.119. The van der Waals surface area contributed by atoms with Crippen LogP contribution in [0.15, 0.2) is 48.5 Å². The number of halogens is 2. The molecule has 0 saturated carbocycles. The molecule has 1 aliphatic heterocycles. The number of ether oxygens (including phenoxy) is 4. The van der Waals surface area contributed by atoms with Crippen molar-refractivity contribution in [2.45, 2.75) is 12.0 Å². The molecule has 37 heavy (non-hydrogen) atoms. The number of fused-ring (bicyclic) bond motifs is 1. The third-order valence-corrected chi connectivity index (χ3v) is 6.40. The van der Waals surface area contributed by atoms with Crippen molar-refractivity contribution in [2.75, 3.05) is 40.8 Å². The Bertz CT molecular complexity index is 1360. The number of anilines is 1. The summed E-state index contributed by atoms with van der Waals surface area (Å²) in [6.07, 6.45) is 0. The van der Waals surface area contributed by atoms with E-state index in [0.29, 0.717) is 40.2 Å². The van der Waals surface area contributed by atoms with E-state index in [4.69, 9.17) is 18.9 Å². The van der Waals surface area contributed by atoms with E-state index in [0.717, 1.165) is 12.1 Å². The first kappa shape index (κ1) is 25.7. The molecule has 1 heterocycles. The largest absolute Gasteiger partial charge is 0.493 e. The van der Waals surface area contributed by atoms with Crippen molar-refractivity contribution in [2.24, 2.45) is 0 Å². The molecule has 3 aromatic rings. The Morgan fingerprint density at radius 3 is 2.08 bits per heavy atom. The number of likely N-dealkylation sites (N-methyl/N-ethyl adjacent to an activating group) is 1. The van der Waals surface area contributed by atoms with Crippen molar-refractivity contribution in [3.8, 4) is 23.0 Å². The van der Waals surface area contributed by atoms with E-state index in [1.807, 2.05) is 0 Å². The fourth-order valence-corrected chi connectivity index (χ4v) is 4.59. The number of benzene rings is 3. The van der Waals surface area contributed by atoms with Crippen LogP contribution in [-0.4, -0.2) is 52.2 Å². The van der Waals surface area contributed by atoms with Crippen LogP contribution in [0.5, 0.6) is 23.0 Å². The quantitative estimate of drug-likeness (QED) is 0.500. The van der Waals surface area contributed by atoms with Crippen molar-refractivity contribution in [1.82, 2.24) is 4.90 Å². The molecule has 0 spiro atoms. The van der Waals surface area contributed by atoms with E-state index in [-0.39, 0.29) is 17.2 Å². The SMILES string of the molecule is COc1ccc(C2C(C(=O)Nc3ccc(F)cc3F)c3cc(OC)c(OC)cc3C(=O)N2C)cc1OC. The van der Waals surface area contributed by atoms with E-state index in [2.05, 4.69) is 5.32 Å². The second-order valence-corrected chi connectivity index (χ2v) is 8.36. The zero-order chi connectivity index (χ0) is 26.9. The summed E-state index contributed by atoms with van der Waals surface area (Å²) in [5, 5.41) is 2.55. The van der Waals surface area contributed by atoms with Gasteiger partial charge in [-0.25, -0.2) is 8.78 Å². The molecule has 2 atom stereocenters. The highest BCUT2D eigenvalue weighted by atomic mass is 19.1. The second kappa shape index (κ2) is 10.3. The molecule has 0 saturated heterocycles. The zero-order valence-corrected chi connectivity index (χ0v) is 20.9. The molecule has 1 aliphatic rings. The van der Waals surface area contributed by atoms with Crippen molar-refractivity contribution < 1.29 is 37.3 Å². The lowest BCUT2D eigenvalue weighted by Gasteiger charge is -2.40. The normalized spacial score (nSPS) is 16.6. The fourth-order valence-electron chi connectivity index (χ4n) is 4.59. The van der Waals surface area contributed by atoms with Gasteiger partial charge in [-0.2, -0.15) is 0 Å². The molecule has 0 aliphatic carbocycles. The van der Waals surface area contributed by atoms with Gasteiger partial charge < -0.3 is 29.2 Å². The molecule has 0 bridgehead atoms. The van der Waals surface area contributed by atoms with Crippen molar-refractivity contribution in [3.63, 3.8) is 0 Å². The van der Waals surface area contributed by atoms with Crippen LogP contribution in [-0.2, 0) is 4.79 Å². The van der Waals surface area contributed by atoms with Crippen LogP contribution in [0.3, 0.4) is 0 Å². The van der Waals surface area contributed by atoms with Crippen LogP contribution < -0.4 is 24.3 Å². The standard InChI is InChI=1S/C27H26F2N2O6/c1-31-25(14-6-9-20(34-2)21(10-14)35-3)24(26(32)30-19-8-7-15(28)11-18(19)29)16-12-22(36-4)23(37-5)13-17(16)27(31)33/h6-13,24-25H,1-5H3,(H,30,32). The molecule has 2 amide bonds. The third kappa shape index (κ3) is 4.62. The molecule has 0 radical (unpaired) electrons. The smallest absolute Gasteiger partial charge is 0.254 e. The van der Waals surface area contributed by atoms with Crippen molar-refractivity contribution in [3.05, 3.63) is 76.9 Å². The zero-order valence-electron chi connectivity index (χ0n) is 20.9. The molecule has 1 N–H and O–H groups in total. The summed E-state index contributed by atoms with van der Waals surface area (Å²) in [7, 11) is 7.43. The number of hydrogen-bond acceptors (Lipinski definition) is 6. The maximum atomic E-state index is 14.4. The van der Waals surface area contributed by atoms with Gasteiger partial charge in [-0.15, -0.1) is 0 Å². The van der Waals surface area contributed by atoms with Gasteiger partial charge in [0.05, 0.1) is 46.1 Å². The lowest BCUT2D eigenvalue weighted by atomic mass is 9.79. The van der Waals surface area contributed by atoms with Gasteiger partial charge in [-0.1, -0.05) is 6.07 Å². The number of carbonyl (C=O) groups excluding carboxylic acids is 2. The topological polar surface area (TPSA) is 86.3 Å². The monoisotopic (exact) mass is 512 g/mol. The summed E-state index contributed by atoms with van der Waals surface area (Å²) < 4.78 is 49.5. The minimum Gasteiger partial charge on any atom is -0.493 e. The Hall–Kier alpha value is -4.34. The summed E-state index contributed by atoms with van der Waals surface area (Å²) in [5.41, 5.74) is 0.977. The van der Waals surface area contributed by atoms with Crippen molar-refractivity contribution in [1.29, 1.82) is 0 Å². The number of carbonyl (C=O) groups is 2. The van der Waals surface area contributed by atoms with E-state index < -0.39 is 29.5 Å². The van der Waals surface area contributed by atoms with Gasteiger partial charge in [-0.3, -0.25) is 9.59 Å². The average Bonchev–Trinajstić information content (AvgIpc) is 2.90. The Labute approximate surface area is 212 Å². The Balaban J connectivity index is 1.91. The third-order valence-electron chi connectivity index (χ3n) is 6.40. The summed E-state index contributed by atoms with van der Waals surface area (Å²) in [4.78, 5) is 28.7. The van der Waals surface area contributed by atoms with Crippen LogP contribution in [0.25, 0.3) is 0 Å². The number of nitrogens with one attached hydrogen (secondary N) is 1. The first-order valence-corrected chi connectivity index (χ1v) is 11.2. The molecule has 0 fully saturated rings. The molecule has 2 unspecified atom stereocenters. The molecule has 3 aromatic carbocycles. The van der Waals surface area contributed by atoms with Gasteiger partial charge in [0.2, 0.25) is 5.91 Å². The Morgan fingerprint density at radius 1 is 0.838 bits per heavy atom. The van der Waals surface area contributed by atoms with Gasteiger partial charge in [0.15, 0.2) is 23.0 Å². The summed E-state index contributed by atoms with van der Waals surface area (Å²) in [5.74, 6) is -2.18. The first-order valence-electron chi connectivity index (χ1n) is 11.2. The molecule has 8 nitrogen and oxygen atoms in total. The van der Waals surface area contributed by atoms with E-state index in [9.17, 15) is 18.4 Å². The minimum absolute atomic E-state index is 0.195. The number of amides is 2. The van der Waals surface area contributed by atoms with Crippen LogP contribution in [0.4, 0.5) is 14.5 Å². The van der Waals surface area contributed by atoms with Crippen LogP contribution >= 0.6 is 0 Å². The van der Waals surface area contributed by atoms with Crippen LogP contribution in [0.1, 0.15) is 33.4 Å². The highest BCUT2D eigenvalue weighted by Crippen LogP contribution is 2.47. The van der Waals surface area contributed by atoms with E-state index in [1.54, 1.807) is 31.3 Å². The minimum atomic E-state index is -1.01. The number of methoxy groups -OCH3 is 4. The molecule has 0 aromatic heterocycles. The highest BCUT2D eigenvalue weighted by molar-refractivity contribution is 6.05. The Kier molecular flexibility index (Phi) is 7.19. The molecular formula is C27H26F2N2O6. The number of hydrogen-bond donors (Lipinski definition) is 1. The lowest BCUT2D eigenvalue weighted by Crippen LogP contribution is -2.44. The van der Waals surface area contributed by atoms with E-state index in [1.165, 1.54) is 39.4 Å². The predicted octanol–water partition coefficient (Wildman–Crippen LogP) is 4.55. The highest BCUT2D eigenvalue weighted by Gasteiger charge is 2.44. The summed E-state index contributed by atoms with van der Waals surface area (Å²) in [6, 6.07) is 10.2. The maximum absolute atomic E-state index is 14.4. The molecule has 194 valence electrons. The summed E-state index contributed by atoms with van der Waals surface area (Å²) >= 11 is 0. The van der Waals surface area contributed by atoms with Gasteiger partial charge in [0.25, 0.3) is 5.91 Å².